The molecule has 1 saturated heterocycles. The Bertz CT molecular complexity index is 1210. The van der Waals surface area contributed by atoms with E-state index in [-0.39, 0.29) is 17.9 Å². The summed E-state index contributed by atoms with van der Waals surface area (Å²) in [5.74, 6) is 1.06. The fourth-order valence-electron chi connectivity index (χ4n) is 4.37. The first-order chi connectivity index (χ1) is 17.1. The van der Waals surface area contributed by atoms with Gasteiger partial charge in [0.15, 0.2) is 0 Å². The third-order valence-corrected chi connectivity index (χ3v) is 6.11. The molecule has 1 unspecified atom stereocenters. The SMILES string of the molecule is Cc1cccc(-c2nnc(-c3ccc(C(=O)N4CCCC(CN(C)C(=O)OC(C)(C)C)C4)cc3)o2)c1. The molecular formula is C28H34N4O4. The van der Waals surface area contributed by atoms with Gasteiger partial charge < -0.3 is 19.0 Å². The van der Waals surface area contributed by atoms with Gasteiger partial charge in [-0.05, 0) is 82.9 Å². The summed E-state index contributed by atoms with van der Waals surface area (Å²) in [5, 5.41) is 8.35. The zero-order chi connectivity index (χ0) is 25.9. The molecule has 2 heterocycles. The molecule has 1 fully saturated rings. The van der Waals surface area contributed by atoms with Crippen LogP contribution in [-0.4, -0.2) is 64.3 Å². The fraction of sp³-hybridized carbons (Fsp3) is 0.429. The molecule has 0 N–H and O–H groups in total. The fourth-order valence-corrected chi connectivity index (χ4v) is 4.37. The molecular weight excluding hydrogens is 456 g/mol. The van der Waals surface area contributed by atoms with Crippen molar-refractivity contribution in [3.63, 3.8) is 0 Å². The van der Waals surface area contributed by atoms with Gasteiger partial charge in [0, 0.05) is 43.4 Å². The van der Waals surface area contributed by atoms with E-state index < -0.39 is 5.60 Å². The highest BCUT2D eigenvalue weighted by atomic mass is 16.6. The first-order valence-electron chi connectivity index (χ1n) is 12.3. The maximum absolute atomic E-state index is 13.2. The number of amides is 2. The van der Waals surface area contributed by atoms with Crippen LogP contribution in [0.1, 0.15) is 49.5 Å². The molecule has 1 aromatic heterocycles. The van der Waals surface area contributed by atoms with E-state index >= 15 is 0 Å². The average Bonchev–Trinajstić information content (AvgIpc) is 3.33. The van der Waals surface area contributed by atoms with Crippen LogP contribution in [0.2, 0.25) is 0 Å². The van der Waals surface area contributed by atoms with Crippen molar-refractivity contribution in [3.05, 3.63) is 59.7 Å². The smallest absolute Gasteiger partial charge is 0.410 e. The van der Waals surface area contributed by atoms with Crippen LogP contribution in [0.5, 0.6) is 0 Å². The van der Waals surface area contributed by atoms with Gasteiger partial charge >= 0.3 is 6.09 Å². The van der Waals surface area contributed by atoms with Gasteiger partial charge in [-0.25, -0.2) is 4.79 Å². The Hall–Kier alpha value is -3.68. The minimum absolute atomic E-state index is 0.0165. The van der Waals surface area contributed by atoms with Crippen molar-refractivity contribution in [3.8, 4) is 22.9 Å². The van der Waals surface area contributed by atoms with E-state index in [1.54, 1.807) is 24.1 Å². The highest BCUT2D eigenvalue weighted by Crippen LogP contribution is 2.26. The molecule has 36 heavy (non-hydrogen) atoms. The normalized spacial score (nSPS) is 16.0. The number of carbonyl (C=O) groups is 2. The van der Waals surface area contributed by atoms with Crippen LogP contribution in [0.4, 0.5) is 4.79 Å². The van der Waals surface area contributed by atoms with Gasteiger partial charge in [0.05, 0.1) is 0 Å². The number of hydrogen-bond acceptors (Lipinski definition) is 6. The van der Waals surface area contributed by atoms with Gasteiger partial charge in [0.25, 0.3) is 5.91 Å². The lowest BCUT2D eigenvalue weighted by Gasteiger charge is -2.35. The maximum Gasteiger partial charge on any atom is 0.410 e. The molecule has 2 aromatic carbocycles. The third-order valence-electron chi connectivity index (χ3n) is 6.11. The molecule has 4 rings (SSSR count). The third kappa shape index (κ3) is 6.30. The lowest BCUT2D eigenvalue weighted by Crippen LogP contribution is -2.45. The summed E-state index contributed by atoms with van der Waals surface area (Å²) in [6.07, 6.45) is 1.53. The van der Waals surface area contributed by atoms with Crippen LogP contribution in [0.3, 0.4) is 0 Å². The summed E-state index contributed by atoms with van der Waals surface area (Å²) >= 11 is 0. The van der Waals surface area contributed by atoms with Crippen molar-refractivity contribution in [2.75, 3.05) is 26.7 Å². The Morgan fingerprint density at radius 2 is 1.78 bits per heavy atom. The first-order valence-corrected chi connectivity index (χ1v) is 12.3. The standard InChI is InChI=1S/C28H34N4O4/c1-19-8-6-10-23(16-19)25-30-29-24(35-25)21-11-13-22(14-12-21)26(33)32-15-7-9-20(18-32)17-31(5)27(34)36-28(2,3)4/h6,8,10-14,16,20H,7,9,15,17-18H2,1-5H3. The number of likely N-dealkylation sites (tertiary alicyclic amines) is 1. The van der Waals surface area contributed by atoms with E-state index in [4.69, 9.17) is 9.15 Å². The lowest BCUT2D eigenvalue weighted by atomic mass is 9.96. The molecule has 1 aliphatic heterocycles. The van der Waals surface area contributed by atoms with Gasteiger partial charge in [-0.2, -0.15) is 0 Å². The largest absolute Gasteiger partial charge is 0.444 e. The van der Waals surface area contributed by atoms with Crippen molar-refractivity contribution < 1.29 is 18.7 Å². The summed E-state index contributed by atoms with van der Waals surface area (Å²) in [5.41, 5.74) is 2.82. The van der Waals surface area contributed by atoms with E-state index in [0.29, 0.717) is 37.0 Å². The van der Waals surface area contributed by atoms with Crippen LogP contribution >= 0.6 is 0 Å². The molecule has 8 nitrogen and oxygen atoms in total. The number of aromatic nitrogens is 2. The topological polar surface area (TPSA) is 88.8 Å². The molecule has 1 atom stereocenters. The number of aryl methyl sites for hydroxylation is 1. The average molecular weight is 491 g/mol. The van der Waals surface area contributed by atoms with Crippen molar-refractivity contribution >= 4 is 12.0 Å². The summed E-state index contributed by atoms with van der Waals surface area (Å²) < 4.78 is 11.3. The van der Waals surface area contributed by atoms with Crippen molar-refractivity contribution in [1.29, 1.82) is 0 Å². The number of nitrogens with zero attached hydrogens (tertiary/aromatic N) is 4. The number of rotatable bonds is 5. The second-order valence-corrected chi connectivity index (χ2v) is 10.5. The maximum atomic E-state index is 13.2. The molecule has 0 bridgehead atoms. The highest BCUT2D eigenvalue weighted by molar-refractivity contribution is 5.94. The van der Waals surface area contributed by atoms with Gasteiger partial charge in [0.1, 0.15) is 5.60 Å². The Labute approximate surface area is 212 Å². The van der Waals surface area contributed by atoms with Crippen LogP contribution in [0, 0.1) is 12.8 Å². The van der Waals surface area contributed by atoms with Crippen LogP contribution in [0.25, 0.3) is 22.9 Å². The number of piperidine rings is 1. The molecule has 2 amide bonds. The first kappa shape index (κ1) is 25.4. The predicted octanol–water partition coefficient (Wildman–Crippen LogP) is 5.43. The van der Waals surface area contributed by atoms with Gasteiger partial charge in [-0.3, -0.25) is 4.79 Å². The van der Waals surface area contributed by atoms with Gasteiger partial charge in [0.2, 0.25) is 11.8 Å². The lowest BCUT2D eigenvalue weighted by molar-refractivity contribution is 0.0244. The molecule has 0 aliphatic carbocycles. The number of ether oxygens (including phenoxy) is 1. The molecule has 190 valence electrons. The molecule has 1 aliphatic rings. The molecule has 0 radical (unpaired) electrons. The Morgan fingerprint density at radius 1 is 1.08 bits per heavy atom. The van der Waals surface area contributed by atoms with E-state index in [0.717, 1.165) is 29.5 Å². The molecule has 3 aromatic rings. The molecule has 0 saturated carbocycles. The highest BCUT2D eigenvalue weighted by Gasteiger charge is 2.28. The summed E-state index contributed by atoms with van der Waals surface area (Å²) in [4.78, 5) is 29.0. The minimum Gasteiger partial charge on any atom is -0.444 e. The summed E-state index contributed by atoms with van der Waals surface area (Å²) in [6.45, 7) is 9.44. The van der Waals surface area contributed by atoms with Gasteiger partial charge in [-0.15, -0.1) is 10.2 Å². The second-order valence-electron chi connectivity index (χ2n) is 10.5. The van der Waals surface area contributed by atoms with Crippen molar-refractivity contribution in [2.45, 2.75) is 46.1 Å². The Balaban J connectivity index is 1.38. The van der Waals surface area contributed by atoms with E-state index in [9.17, 15) is 9.59 Å². The monoisotopic (exact) mass is 490 g/mol. The van der Waals surface area contributed by atoms with Crippen molar-refractivity contribution in [1.82, 2.24) is 20.0 Å². The van der Waals surface area contributed by atoms with E-state index in [1.807, 2.05) is 69.0 Å². The number of benzene rings is 2. The van der Waals surface area contributed by atoms with Crippen LogP contribution < -0.4 is 0 Å². The van der Waals surface area contributed by atoms with Gasteiger partial charge in [-0.1, -0.05) is 17.7 Å². The van der Waals surface area contributed by atoms with Crippen molar-refractivity contribution in [2.24, 2.45) is 5.92 Å². The zero-order valence-electron chi connectivity index (χ0n) is 21.7. The Kier molecular flexibility index (Phi) is 7.43. The van der Waals surface area contributed by atoms with E-state index in [1.165, 1.54) is 0 Å². The summed E-state index contributed by atoms with van der Waals surface area (Å²) in [6, 6.07) is 15.2. The second kappa shape index (κ2) is 10.5. The minimum atomic E-state index is -0.532. The Morgan fingerprint density at radius 3 is 2.44 bits per heavy atom. The quantitative estimate of drug-likeness (QED) is 0.474. The van der Waals surface area contributed by atoms with Crippen LogP contribution in [0.15, 0.2) is 52.9 Å². The number of carbonyl (C=O) groups excluding carboxylic acids is 2. The summed E-state index contributed by atoms with van der Waals surface area (Å²) in [7, 11) is 1.75. The van der Waals surface area contributed by atoms with E-state index in [2.05, 4.69) is 10.2 Å². The zero-order valence-corrected chi connectivity index (χ0v) is 21.7. The van der Waals surface area contributed by atoms with Crippen LogP contribution in [-0.2, 0) is 4.74 Å². The molecule has 0 spiro atoms. The predicted molar refractivity (Wildman–Crippen MR) is 137 cm³/mol. The number of hydrogen-bond donors (Lipinski definition) is 0. The molecule has 8 heteroatoms.